The Morgan fingerprint density at radius 1 is 0.939 bits per heavy atom. The maximum Gasteiger partial charge on any atom is 0.248 e. The van der Waals surface area contributed by atoms with Gasteiger partial charge in [0.25, 0.3) is 0 Å². The van der Waals surface area contributed by atoms with E-state index in [1.165, 1.54) is 0 Å². The number of benzene rings is 1. The van der Waals surface area contributed by atoms with Crippen LogP contribution in [0.25, 0.3) is 0 Å². The first-order valence-electron chi connectivity index (χ1n) is 18.1. The molecule has 3 atom stereocenters. The van der Waals surface area contributed by atoms with Crippen molar-refractivity contribution >= 4 is 17.7 Å². The Labute approximate surface area is 288 Å². The summed E-state index contributed by atoms with van der Waals surface area (Å²) in [6.45, 7) is 7.47. The fraction of sp³-hybridized carbons (Fsp3) is 0.694. The second-order valence-corrected chi connectivity index (χ2v) is 14.2. The Bertz CT molecular complexity index is 1380. The van der Waals surface area contributed by atoms with Crippen molar-refractivity contribution in [1.82, 2.24) is 35.6 Å². The lowest BCUT2D eigenvalue weighted by Crippen LogP contribution is -2.45. The molecule has 3 N–H and O–H groups in total. The zero-order valence-corrected chi connectivity index (χ0v) is 29.1. The molecule has 0 spiro atoms. The monoisotopic (exact) mass is 685 g/mol. The van der Waals surface area contributed by atoms with Gasteiger partial charge >= 0.3 is 0 Å². The van der Waals surface area contributed by atoms with Crippen molar-refractivity contribution in [3.63, 3.8) is 0 Å². The highest BCUT2D eigenvalue weighted by atomic mass is 19.3. The zero-order chi connectivity index (χ0) is 35.0. The largest absolute Gasteiger partial charge is 0.362 e. The molecule has 11 nitrogen and oxygen atoms in total. The number of fused-ring (bicyclic) bond motifs is 2. The van der Waals surface area contributed by atoms with Crippen LogP contribution < -0.4 is 16.0 Å². The van der Waals surface area contributed by atoms with Gasteiger partial charge in [-0.05, 0) is 57.4 Å². The quantitative estimate of drug-likeness (QED) is 0.238. The van der Waals surface area contributed by atoms with E-state index in [1.807, 2.05) is 37.3 Å². The average Bonchev–Trinajstić information content (AvgIpc) is 3.60. The number of hydrogen-bond acceptors (Lipinski definition) is 7. The number of hydrogen-bond donors (Lipinski definition) is 3. The maximum atomic E-state index is 13.8. The van der Waals surface area contributed by atoms with Gasteiger partial charge < -0.3 is 25.3 Å². The number of likely N-dealkylation sites (N-methyl/N-ethyl adjacent to an activating group) is 1. The van der Waals surface area contributed by atoms with Crippen LogP contribution in [0, 0.1) is 5.92 Å². The minimum atomic E-state index is -2.66. The van der Waals surface area contributed by atoms with Crippen molar-refractivity contribution < 1.29 is 27.9 Å². The summed E-state index contributed by atoms with van der Waals surface area (Å²) in [6, 6.07) is 10.8. The van der Waals surface area contributed by atoms with E-state index in [2.05, 4.69) is 49.5 Å². The average molecular weight is 686 g/mol. The van der Waals surface area contributed by atoms with E-state index in [9.17, 15) is 23.2 Å². The number of nitrogens with one attached hydrogen (secondary N) is 3. The molecule has 270 valence electrons. The second-order valence-electron chi connectivity index (χ2n) is 14.2. The molecule has 5 rings (SSSR count). The highest BCUT2D eigenvalue weighted by molar-refractivity contribution is 5.80. The Balaban J connectivity index is 1.18. The number of carbonyl (C=O) groups excluding carboxylic acids is 3. The van der Waals surface area contributed by atoms with Gasteiger partial charge in [-0.2, -0.15) is 0 Å². The van der Waals surface area contributed by atoms with Crippen LogP contribution in [0.4, 0.5) is 8.78 Å². The van der Waals surface area contributed by atoms with Crippen LogP contribution in [-0.4, -0.2) is 88.2 Å². The van der Waals surface area contributed by atoms with Crippen LogP contribution in [0.3, 0.4) is 0 Å². The Morgan fingerprint density at radius 2 is 1.59 bits per heavy atom. The third kappa shape index (κ3) is 9.84. The molecule has 0 radical (unpaired) electrons. The summed E-state index contributed by atoms with van der Waals surface area (Å²) in [5.41, 5.74) is 1.04. The Morgan fingerprint density at radius 3 is 2.22 bits per heavy atom. The number of aromatic nitrogens is 3. The van der Waals surface area contributed by atoms with Crippen LogP contribution in [0.15, 0.2) is 30.3 Å². The summed E-state index contributed by atoms with van der Waals surface area (Å²) in [5, 5.41) is 17.9. The molecule has 3 aliphatic rings. The van der Waals surface area contributed by atoms with E-state index in [-0.39, 0.29) is 80.5 Å². The summed E-state index contributed by atoms with van der Waals surface area (Å²) in [5.74, 6) is -1.67. The predicted molar refractivity (Wildman–Crippen MR) is 181 cm³/mol. The minimum absolute atomic E-state index is 0.115. The van der Waals surface area contributed by atoms with Crippen LogP contribution in [-0.2, 0) is 25.5 Å². The summed E-state index contributed by atoms with van der Waals surface area (Å²) in [6.07, 6.45) is 5.45. The van der Waals surface area contributed by atoms with Crippen LogP contribution in [0.5, 0.6) is 0 Å². The molecule has 2 saturated heterocycles. The first kappa shape index (κ1) is 36.8. The first-order chi connectivity index (χ1) is 23.5. The number of alkyl halides is 2. The van der Waals surface area contributed by atoms with Gasteiger partial charge in [0.15, 0.2) is 0 Å². The number of piperidine rings is 1. The number of amides is 3. The molecule has 3 fully saturated rings. The van der Waals surface area contributed by atoms with Gasteiger partial charge in [-0.1, -0.05) is 44.2 Å². The topological polar surface area (TPSA) is 130 Å². The Hall–Kier alpha value is -3.45. The predicted octanol–water partition coefficient (Wildman–Crippen LogP) is 4.45. The van der Waals surface area contributed by atoms with Crippen molar-refractivity contribution in [2.45, 2.75) is 121 Å². The van der Waals surface area contributed by atoms with Gasteiger partial charge in [0.2, 0.25) is 23.6 Å². The molecule has 49 heavy (non-hydrogen) atoms. The van der Waals surface area contributed by atoms with Gasteiger partial charge in [0, 0.05) is 68.9 Å². The van der Waals surface area contributed by atoms with E-state index < -0.39 is 5.92 Å². The molecule has 2 bridgehead atoms. The molecular formula is C36H53F2N7O4. The van der Waals surface area contributed by atoms with E-state index >= 15 is 0 Å². The van der Waals surface area contributed by atoms with E-state index in [0.29, 0.717) is 31.6 Å². The summed E-state index contributed by atoms with van der Waals surface area (Å²) >= 11 is 0. The van der Waals surface area contributed by atoms with Crippen molar-refractivity contribution in [3.8, 4) is 0 Å². The Kier molecular flexibility index (Phi) is 12.8. The van der Waals surface area contributed by atoms with Crippen molar-refractivity contribution in [2.24, 2.45) is 5.92 Å². The van der Waals surface area contributed by atoms with Crippen molar-refractivity contribution in [3.05, 3.63) is 47.5 Å². The standard InChI is InChI=1S/C36H53F2N7O4/c1-4-39-32(46)22-49-23-33(47)40-18-14-31-42-43-34(24(2)3)45(31)29-20-27-10-11-28(21-29)44(27)19-15-30(25-8-6-5-7-9-25)41-35(48)26-12-16-36(37,38)17-13-26/h5-9,24,26-30H,4,10-23H2,1-3H3,(H,39,46)(H,40,47)(H,41,48)/t27?,28?,29?,30-/m1/s1. The molecule has 2 unspecified atom stereocenters. The third-order valence-corrected chi connectivity index (χ3v) is 10.3. The van der Waals surface area contributed by atoms with Gasteiger partial charge in [0.05, 0.1) is 6.04 Å². The first-order valence-corrected chi connectivity index (χ1v) is 18.1. The third-order valence-electron chi connectivity index (χ3n) is 10.3. The molecular weight excluding hydrogens is 632 g/mol. The molecule has 13 heteroatoms. The van der Waals surface area contributed by atoms with E-state index in [1.54, 1.807) is 0 Å². The normalized spacial score (nSPS) is 22.9. The lowest BCUT2D eigenvalue weighted by molar-refractivity contribution is -0.131. The van der Waals surface area contributed by atoms with Gasteiger partial charge in [-0.3, -0.25) is 19.3 Å². The lowest BCUT2D eigenvalue weighted by Gasteiger charge is -2.41. The van der Waals surface area contributed by atoms with Crippen LogP contribution in [0.1, 0.15) is 114 Å². The SMILES string of the molecule is CCNC(=O)COCC(=O)NCCc1nnc(C(C)C)n1C1CC2CCC(C1)N2CC[C@@H](NC(=O)C1CCC(F)(F)CC1)c1ccccc1. The zero-order valence-electron chi connectivity index (χ0n) is 29.1. The number of halogens is 2. The van der Waals surface area contributed by atoms with Crippen LogP contribution in [0.2, 0.25) is 0 Å². The fourth-order valence-corrected chi connectivity index (χ4v) is 7.85. The summed E-state index contributed by atoms with van der Waals surface area (Å²) < 4.78 is 35.0. The number of carbonyl (C=O) groups is 3. The highest BCUT2D eigenvalue weighted by Crippen LogP contribution is 2.43. The van der Waals surface area contributed by atoms with E-state index in [0.717, 1.165) is 55.9 Å². The molecule has 1 aromatic carbocycles. The van der Waals surface area contributed by atoms with Gasteiger partial charge in [-0.25, -0.2) is 8.78 Å². The molecule has 1 saturated carbocycles. The smallest absolute Gasteiger partial charge is 0.248 e. The van der Waals surface area contributed by atoms with Crippen molar-refractivity contribution in [2.75, 3.05) is 32.8 Å². The molecule has 2 aliphatic heterocycles. The molecule has 3 amide bonds. The number of nitrogens with zero attached hydrogens (tertiary/aromatic N) is 4. The number of ether oxygens (including phenoxy) is 1. The second kappa shape index (κ2) is 17.0. The summed E-state index contributed by atoms with van der Waals surface area (Å²) in [4.78, 5) is 39.7. The molecule has 3 heterocycles. The lowest BCUT2D eigenvalue weighted by atomic mass is 9.86. The molecule has 1 aliphatic carbocycles. The molecule has 2 aromatic rings. The van der Waals surface area contributed by atoms with Crippen molar-refractivity contribution in [1.29, 1.82) is 0 Å². The van der Waals surface area contributed by atoms with Gasteiger partial charge in [0.1, 0.15) is 24.9 Å². The van der Waals surface area contributed by atoms with Gasteiger partial charge in [-0.15, -0.1) is 10.2 Å². The van der Waals surface area contributed by atoms with Crippen LogP contribution >= 0.6 is 0 Å². The number of rotatable bonds is 16. The maximum absolute atomic E-state index is 13.8. The highest BCUT2D eigenvalue weighted by Gasteiger charge is 2.43. The fourth-order valence-electron chi connectivity index (χ4n) is 7.85. The summed E-state index contributed by atoms with van der Waals surface area (Å²) in [7, 11) is 0. The minimum Gasteiger partial charge on any atom is -0.362 e. The van der Waals surface area contributed by atoms with E-state index in [4.69, 9.17) is 4.74 Å². The molecule has 1 aromatic heterocycles.